The van der Waals surface area contributed by atoms with Crippen molar-refractivity contribution in [3.8, 4) is 17.1 Å². The fourth-order valence-electron chi connectivity index (χ4n) is 4.80. The van der Waals surface area contributed by atoms with E-state index in [1.165, 1.54) is 12.1 Å². The number of nitrogens with zero attached hydrogens (tertiary/aromatic N) is 2. The zero-order valence-corrected chi connectivity index (χ0v) is 21.1. The highest BCUT2D eigenvalue weighted by atomic mass is 32.2. The quantitative estimate of drug-likeness (QED) is 0.463. The molecule has 36 heavy (non-hydrogen) atoms. The van der Waals surface area contributed by atoms with Gasteiger partial charge < -0.3 is 15.4 Å². The van der Waals surface area contributed by atoms with Crippen LogP contribution in [0.25, 0.3) is 11.3 Å². The number of aromatic nitrogens is 2. The summed E-state index contributed by atoms with van der Waals surface area (Å²) in [4.78, 5) is 21.8. The molecule has 1 aromatic heterocycles. The number of hydrogen-bond acceptors (Lipinski definition) is 7. The van der Waals surface area contributed by atoms with Gasteiger partial charge in [0.25, 0.3) is 15.9 Å². The fraction of sp³-hybridized carbons (Fsp3) is 0.346. The van der Waals surface area contributed by atoms with E-state index in [1.807, 2.05) is 32.0 Å². The average Bonchev–Trinajstić information content (AvgIpc) is 2.86. The second kappa shape index (κ2) is 9.51. The van der Waals surface area contributed by atoms with Crippen LogP contribution in [0.3, 0.4) is 0 Å². The summed E-state index contributed by atoms with van der Waals surface area (Å²) in [6, 6.07) is 13.6. The number of aryl methyl sites for hydroxylation is 2. The summed E-state index contributed by atoms with van der Waals surface area (Å²) in [6.07, 6.45) is 1.64. The molecule has 0 aliphatic carbocycles. The number of anilines is 1. The Bertz CT molecular complexity index is 1400. The summed E-state index contributed by atoms with van der Waals surface area (Å²) >= 11 is 0. The Morgan fingerprint density at radius 1 is 0.972 bits per heavy atom. The minimum absolute atomic E-state index is 0.0488. The van der Waals surface area contributed by atoms with Crippen molar-refractivity contribution in [1.29, 1.82) is 0 Å². The molecule has 2 aliphatic heterocycles. The van der Waals surface area contributed by atoms with E-state index in [4.69, 9.17) is 4.74 Å². The Balaban J connectivity index is 1.64. The third-order valence-electron chi connectivity index (χ3n) is 6.89. The maximum atomic E-state index is 13.2. The zero-order chi connectivity index (χ0) is 25.3. The first kappa shape index (κ1) is 24.2. The van der Waals surface area contributed by atoms with Crippen molar-refractivity contribution in [2.24, 2.45) is 5.41 Å². The molecule has 10 heteroatoms. The van der Waals surface area contributed by atoms with Crippen molar-refractivity contribution in [3.63, 3.8) is 0 Å². The molecule has 3 aromatic rings. The first-order valence-electron chi connectivity index (χ1n) is 12.0. The maximum Gasteiger partial charge on any atom is 0.264 e. The van der Waals surface area contributed by atoms with E-state index in [0.717, 1.165) is 42.6 Å². The average molecular weight is 508 g/mol. The van der Waals surface area contributed by atoms with Gasteiger partial charge in [0.05, 0.1) is 17.2 Å². The molecule has 4 bridgehead atoms. The van der Waals surface area contributed by atoms with Gasteiger partial charge in [0.2, 0.25) is 11.8 Å². The molecular weight excluding hydrogens is 478 g/mol. The fourth-order valence-corrected chi connectivity index (χ4v) is 5.79. The largest absolute Gasteiger partial charge is 0.477 e. The summed E-state index contributed by atoms with van der Waals surface area (Å²) in [5.74, 6) is -0.138. The molecule has 1 saturated heterocycles. The van der Waals surface area contributed by atoms with Crippen molar-refractivity contribution in [2.75, 3.05) is 31.0 Å². The van der Waals surface area contributed by atoms with Crippen LogP contribution < -0.4 is 20.1 Å². The van der Waals surface area contributed by atoms with Crippen LogP contribution >= 0.6 is 0 Å². The molecule has 3 N–H and O–H groups in total. The molecule has 0 saturated carbocycles. The van der Waals surface area contributed by atoms with Gasteiger partial charge in [0, 0.05) is 29.2 Å². The van der Waals surface area contributed by atoms with E-state index in [2.05, 4.69) is 25.3 Å². The third kappa shape index (κ3) is 4.91. The number of fused-ring (bicyclic) bond motifs is 4. The summed E-state index contributed by atoms with van der Waals surface area (Å²) in [6.45, 7) is 6.33. The van der Waals surface area contributed by atoms with Crippen LogP contribution in [0.2, 0.25) is 0 Å². The van der Waals surface area contributed by atoms with Crippen LogP contribution in [-0.4, -0.2) is 50.5 Å². The van der Waals surface area contributed by atoms with Crippen LogP contribution in [0.5, 0.6) is 5.88 Å². The number of piperidine rings is 1. The molecule has 0 unspecified atom stereocenters. The smallest absolute Gasteiger partial charge is 0.264 e. The van der Waals surface area contributed by atoms with Gasteiger partial charge in [-0.2, -0.15) is 4.98 Å². The van der Waals surface area contributed by atoms with Gasteiger partial charge in [-0.15, -0.1) is 0 Å². The Morgan fingerprint density at radius 3 is 2.44 bits per heavy atom. The number of ether oxygens (including phenoxy) is 1. The normalized spacial score (nSPS) is 18.9. The van der Waals surface area contributed by atoms with Crippen LogP contribution in [0.4, 0.5) is 5.95 Å². The Kier molecular flexibility index (Phi) is 6.40. The second-order valence-corrected chi connectivity index (χ2v) is 11.2. The molecule has 1 fully saturated rings. The zero-order valence-electron chi connectivity index (χ0n) is 20.3. The summed E-state index contributed by atoms with van der Waals surface area (Å²) in [7, 11) is -4.06. The molecule has 3 heterocycles. The lowest BCUT2D eigenvalue weighted by Gasteiger charge is -2.37. The van der Waals surface area contributed by atoms with Gasteiger partial charge in [-0.1, -0.05) is 24.3 Å². The van der Waals surface area contributed by atoms with Crippen molar-refractivity contribution < 1.29 is 17.9 Å². The Labute approximate surface area is 210 Å². The van der Waals surface area contributed by atoms with Gasteiger partial charge in [-0.25, -0.2) is 18.1 Å². The van der Waals surface area contributed by atoms with Crippen LogP contribution in [0.15, 0.2) is 53.4 Å². The van der Waals surface area contributed by atoms with Crippen LogP contribution in [-0.2, 0) is 10.0 Å². The molecule has 2 aromatic carbocycles. The minimum atomic E-state index is -4.06. The second-order valence-electron chi connectivity index (χ2n) is 9.54. The highest BCUT2D eigenvalue weighted by Gasteiger charge is 2.34. The number of nitrogens with one attached hydrogen (secondary N) is 3. The number of carbonyl (C=O) groups excluding carboxylic acids is 1. The first-order valence-corrected chi connectivity index (χ1v) is 13.4. The van der Waals surface area contributed by atoms with E-state index in [-0.39, 0.29) is 33.6 Å². The standard InChI is InChI=1S/C26H29N5O4S/c1-17-5-3-6-18(2)23(17)21-14-22-30-25(29-21)31-36(33,34)20-8-4-7-19(13-20)24(32)28-15-26(16-35-22)9-11-27-12-10-26/h3-8,13-14,27H,9-12,15-16H2,1-2H3,(H,28,32)(H,29,30,31). The highest BCUT2D eigenvalue weighted by molar-refractivity contribution is 7.92. The minimum Gasteiger partial charge on any atom is -0.477 e. The monoisotopic (exact) mass is 507 g/mol. The lowest BCUT2D eigenvalue weighted by atomic mass is 9.79. The molecule has 9 nitrogen and oxygen atoms in total. The molecule has 1 spiro atoms. The highest BCUT2D eigenvalue weighted by Crippen LogP contribution is 2.32. The van der Waals surface area contributed by atoms with Crippen LogP contribution in [0.1, 0.15) is 34.3 Å². The molecule has 0 atom stereocenters. The Hall–Kier alpha value is -3.50. The molecule has 1 amide bonds. The van der Waals surface area contributed by atoms with E-state index < -0.39 is 10.0 Å². The number of amides is 1. The topological polar surface area (TPSA) is 122 Å². The summed E-state index contributed by atoms with van der Waals surface area (Å²) < 4.78 is 35.1. The first-order chi connectivity index (χ1) is 17.2. The maximum absolute atomic E-state index is 13.2. The van der Waals surface area contributed by atoms with Crippen molar-refractivity contribution in [3.05, 3.63) is 65.2 Å². The molecule has 2 aliphatic rings. The molecule has 188 valence electrons. The van der Waals surface area contributed by atoms with Gasteiger partial charge in [-0.05, 0) is 69.1 Å². The van der Waals surface area contributed by atoms with E-state index in [9.17, 15) is 13.2 Å². The Morgan fingerprint density at radius 2 is 1.69 bits per heavy atom. The predicted octanol–water partition coefficient (Wildman–Crippen LogP) is 3.05. The third-order valence-corrected chi connectivity index (χ3v) is 8.21. The number of rotatable bonds is 1. The van der Waals surface area contributed by atoms with Crippen molar-refractivity contribution >= 4 is 21.9 Å². The number of carbonyl (C=O) groups is 1. The lowest BCUT2D eigenvalue weighted by molar-refractivity contribution is 0.0807. The SMILES string of the molecule is Cc1cccc(C)c1-c1cc2nc(n1)NS(=O)(=O)c1cccc(c1)C(=O)NCC1(CCNCC1)CO2. The van der Waals surface area contributed by atoms with Gasteiger partial charge in [0.15, 0.2) is 0 Å². The van der Waals surface area contributed by atoms with Gasteiger partial charge >= 0.3 is 0 Å². The molecule has 5 rings (SSSR count). The van der Waals surface area contributed by atoms with Crippen LogP contribution in [0, 0.1) is 19.3 Å². The summed E-state index contributed by atoms with van der Waals surface area (Å²) in [5.41, 5.74) is 3.47. The van der Waals surface area contributed by atoms with Gasteiger partial charge in [-0.3, -0.25) is 4.79 Å². The molecule has 0 radical (unpaired) electrons. The van der Waals surface area contributed by atoms with Crippen molar-refractivity contribution in [1.82, 2.24) is 20.6 Å². The number of sulfonamides is 1. The van der Waals surface area contributed by atoms with E-state index in [0.29, 0.717) is 18.8 Å². The predicted molar refractivity (Wildman–Crippen MR) is 137 cm³/mol. The number of benzene rings is 2. The van der Waals surface area contributed by atoms with Crippen molar-refractivity contribution in [2.45, 2.75) is 31.6 Å². The lowest BCUT2D eigenvalue weighted by Crippen LogP contribution is -2.48. The van der Waals surface area contributed by atoms with Gasteiger partial charge in [0.1, 0.15) is 0 Å². The molecular formula is C26H29N5O4S. The van der Waals surface area contributed by atoms with E-state index in [1.54, 1.807) is 18.2 Å². The summed E-state index contributed by atoms with van der Waals surface area (Å²) in [5, 5.41) is 6.36. The number of hydrogen-bond donors (Lipinski definition) is 3. The van der Waals surface area contributed by atoms with E-state index >= 15 is 0 Å².